The van der Waals surface area contributed by atoms with E-state index in [-0.39, 0.29) is 6.54 Å². The summed E-state index contributed by atoms with van der Waals surface area (Å²) in [6.45, 7) is 0.261. The number of carboxylic acids is 1. The van der Waals surface area contributed by atoms with Crippen LogP contribution in [0.4, 0.5) is 0 Å². The van der Waals surface area contributed by atoms with E-state index in [0.29, 0.717) is 24.4 Å². The number of carbonyl (C=O) groups is 1. The zero-order valence-corrected chi connectivity index (χ0v) is 8.74. The molecule has 3 rings (SSSR count). The van der Waals surface area contributed by atoms with E-state index in [1.807, 2.05) is 0 Å². The number of carboxylic acid groups (broad SMARTS) is 1. The lowest BCUT2D eigenvalue weighted by atomic mass is 10.1. The fraction of sp³-hybridized carbons (Fsp3) is 0.500. The maximum atomic E-state index is 11.1. The predicted molar refractivity (Wildman–Crippen MR) is 52.5 cm³/mol. The summed E-state index contributed by atoms with van der Waals surface area (Å²) in [5.74, 6) is -0.384. The van der Waals surface area contributed by atoms with Gasteiger partial charge in [0.25, 0.3) is 0 Å². The molecule has 0 unspecified atom stereocenters. The second-order valence-electron chi connectivity index (χ2n) is 4.10. The Morgan fingerprint density at radius 2 is 2.41 bits per heavy atom. The van der Waals surface area contributed by atoms with Crippen molar-refractivity contribution < 1.29 is 9.90 Å². The van der Waals surface area contributed by atoms with Crippen LogP contribution in [-0.4, -0.2) is 46.7 Å². The van der Waals surface area contributed by atoms with Crippen LogP contribution in [-0.2, 0) is 11.3 Å². The molecule has 2 aromatic heterocycles. The smallest absolute Gasteiger partial charge is 0.311 e. The molecular formula is C8H9N7O2. The molecule has 17 heavy (non-hydrogen) atoms. The highest BCUT2D eigenvalue weighted by Gasteiger charge is 2.51. The number of H-pyrrole nitrogens is 1. The highest BCUT2D eigenvalue weighted by molar-refractivity contribution is 5.77. The average molecular weight is 235 g/mol. The first-order valence-corrected chi connectivity index (χ1v) is 5.07. The molecule has 2 heterocycles. The molecule has 0 amide bonds. The van der Waals surface area contributed by atoms with Crippen molar-refractivity contribution >= 4 is 5.97 Å². The molecule has 0 aromatic carbocycles. The van der Waals surface area contributed by atoms with Gasteiger partial charge in [-0.1, -0.05) is 0 Å². The largest absolute Gasteiger partial charge is 0.481 e. The molecule has 1 aliphatic rings. The molecular weight excluding hydrogens is 226 g/mol. The molecule has 1 saturated carbocycles. The number of hydrogen-bond acceptors (Lipinski definition) is 6. The maximum Gasteiger partial charge on any atom is 0.311 e. The van der Waals surface area contributed by atoms with Crippen LogP contribution in [0.3, 0.4) is 0 Å². The molecule has 9 nitrogen and oxygen atoms in total. The summed E-state index contributed by atoms with van der Waals surface area (Å²) in [5.41, 5.74) is -0.218. The molecule has 2 aromatic rings. The third kappa shape index (κ3) is 1.55. The van der Waals surface area contributed by atoms with Gasteiger partial charge < -0.3 is 5.11 Å². The molecule has 0 aliphatic heterocycles. The first-order chi connectivity index (χ1) is 8.21. The number of nitrogens with zero attached hydrogens (tertiary/aromatic N) is 6. The van der Waals surface area contributed by atoms with Crippen molar-refractivity contribution in [3.8, 4) is 11.5 Å². The first-order valence-electron chi connectivity index (χ1n) is 5.07. The summed E-state index contributed by atoms with van der Waals surface area (Å²) < 4.78 is 1.46. The van der Waals surface area contributed by atoms with Crippen molar-refractivity contribution in [2.75, 3.05) is 0 Å². The van der Waals surface area contributed by atoms with Gasteiger partial charge in [0.15, 0.2) is 5.69 Å². The summed E-state index contributed by atoms with van der Waals surface area (Å²) in [6, 6.07) is 0. The summed E-state index contributed by atoms with van der Waals surface area (Å²) in [6.07, 6.45) is 2.80. The Labute approximate surface area is 94.8 Å². The van der Waals surface area contributed by atoms with Crippen LogP contribution in [0.15, 0.2) is 6.20 Å². The Kier molecular flexibility index (Phi) is 1.94. The van der Waals surface area contributed by atoms with Gasteiger partial charge in [-0.25, -0.2) is 4.68 Å². The van der Waals surface area contributed by atoms with E-state index in [2.05, 4.69) is 30.9 Å². The fourth-order valence-corrected chi connectivity index (χ4v) is 1.68. The van der Waals surface area contributed by atoms with Crippen LogP contribution in [0.2, 0.25) is 0 Å². The number of aliphatic carboxylic acids is 1. The second kappa shape index (κ2) is 3.34. The highest BCUT2D eigenvalue weighted by atomic mass is 16.4. The third-order valence-electron chi connectivity index (χ3n) is 2.94. The average Bonchev–Trinajstić information content (AvgIpc) is 2.75. The molecule has 1 aliphatic carbocycles. The van der Waals surface area contributed by atoms with Gasteiger partial charge >= 0.3 is 5.97 Å². The van der Waals surface area contributed by atoms with Crippen molar-refractivity contribution in [3.05, 3.63) is 6.20 Å². The molecule has 0 spiro atoms. The zero-order valence-electron chi connectivity index (χ0n) is 8.74. The minimum absolute atomic E-state index is 0.261. The number of aromatic amines is 1. The van der Waals surface area contributed by atoms with Gasteiger partial charge in [0.05, 0.1) is 18.2 Å². The zero-order chi connectivity index (χ0) is 11.9. The minimum Gasteiger partial charge on any atom is -0.481 e. The van der Waals surface area contributed by atoms with Crippen molar-refractivity contribution in [1.82, 2.24) is 35.6 Å². The fourth-order valence-electron chi connectivity index (χ4n) is 1.68. The van der Waals surface area contributed by atoms with Gasteiger partial charge in [-0.3, -0.25) is 4.79 Å². The number of hydrogen-bond donors (Lipinski definition) is 2. The van der Waals surface area contributed by atoms with E-state index in [4.69, 9.17) is 5.11 Å². The molecule has 0 bridgehead atoms. The van der Waals surface area contributed by atoms with E-state index in [0.717, 1.165) is 0 Å². The lowest BCUT2D eigenvalue weighted by Gasteiger charge is -2.09. The van der Waals surface area contributed by atoms with Gasteiger partial charge in [0, 0.05) is 0 Å². The summed E-state index contributed by atoms with van der Waals surface area (Å²) in [7, 11) is 0. The number of nitrogens with one attached hydrogen (secondary N) is 1. The summed E-state index contributed by atoms with van der Waals surface area (Å²) in [5, 5.41) is 30.2. The Morgan fingerprint density at radius 1 is 1.59 bits per heavy atom. The lowest BCUT2D eigenvalue weighted by molar-refractivity contribution is -0.144. The molecule has 2 N–H and O–H groups in total. The molecule has 0 atom stereocenters. The van der Waals surface area contributed by atoms with Gasteiger partial charge in [0.2, 0.25) is 5.82 Å². The van der Waals surface area contributed by atoms with Crippen molar-refractivity contribution in [1.29, 1.82) is 0 Å². The topological polar surface area (TPSA) is 122 Å². The van der Waals surface area contributed by atoms with Gasteiger partial charge in [-0.2, -0.15) is 15.4 Å². The van der Waals surface area contributed by atoms with Crippen LogP contribution in [0, 0.1) is 5.41 Å². The van der Waals surface area contributed by atoms with E-state index >= 15 is 0 Å². The number of tetrazole rings is 1. The Balaban J connectivity index is 1.90. The van der Waals surface area contributed by atoms with Gasteiger partial charge in [-0.15, -0.1) is 5.10 Å². The standard InChI is InChI=1S/C8H9N7O2/c16-7(17)8(1-2-8)4-15-6(11-13-14-15)5-3-9-12-10-5/h3H,1-2,4H2,(H,16,17)(H,9,10,12). The van der Waals surface area contributed by atoms with E-state index in [1.54, 1.807) is 0 Å². The number of rotatable bonds is 4. The molecule has 1 fully saturated rings. The van der Waals surface area contributed by atoms with Crippen LogP contribution in [0.1, 0.15) is 12.8 Å². The minimum atomic E-state index is -0.806. The van der Waals surface area contributed by atoms with Crippen molar-refractivity contribution in [3.63, 3.8) is 0 Å². The van der Waals surface area contributed by atoms with Gasteiger partial charge in [-0.05, 0) is 23.3 Å². The van der Waals surface area contributed by atoms with E-state index in [9.17, 15) is 4.79 Å². The molecule has 0 radical (unpaired) electrons. The molecule has 9 heteroatoms. The summed E-state index contributed by atoms with van der Waals surface area (Å²) >= 11 is 0. The Morgan fingerprint density at radius 3 is 3.00 bits per heavy atom. The SMILES string of the molecule is O=C(O)C1(Cn2nnnc2-c2cn[nH]n2)CC1. The van der Waals surface area contributed by atoms with Crippen molar-refractivity contribution in [2.45, 2.75) is 19.4 Å². The quantitative estimate of drug-likeness (QED) is 0.719. The maximum absolute atomic E-state index is 11.1. The lowest BCUT2D eigenvalue weighted by Crippen LogP contribution is -2.22. The van der Waals surface area contributed by atoms with Crippen LogP contribution < -0.4 is 0 Å². The second-order valence-corrected chi connectivity index (χ2v) is 4.10. The Hall–Kier alpha value is -2.32. The van der Waals surface area contributed by atoms with E-state index in [1.165, 1.54) is 10.9 Å². The Bertz CT molecular complexity index is 542. The van der Waals surface area contributed by atoms with Crippen LogP contribution in [0.25, 0.3) is 11.5 Å². The highest BCUT2D eigenvalue weighted by Crippen LogP contribution is 2.47. The van der Waals surface area contributed by atoms with Crippen LogP contribution in [0.5, 0.6) is 0 Å². The van der Waals surface area contributed by atoms with Gasteiger partial charge in [0.1, 0.15) is 0 Å². The third-order valence-corrected chi connectivity index (χ3v) is 2.94. The first kappa shape index (κ1) is 9.87. The molecule has 88 valence electrons. The monoisotopic (exact) mass is 235 g/mol. The van der Waals surface area contributed by atoms with Crippen LogP contribution >= 0.6 is 0 Å². The van der Waals surface area contributed by atoms with E-state index < -0.39 is 11.4 Å². The molecule has 0 saturated heterocycles. The summed E-state index contributed by atoms with van der Waals surface area (Å²) in [4.78, 5) is 11.1. The normalized spacial score (nSPS) is 16.9. The van der Waals surface area contributed by atoms with Crippen molar-refractivity contribution in [2.24, 2.45) is 5.41 Å². The predicted octanol–water partition coefficient (Wildman–Crippen LogP) is -0.677. The number of aromatic nitrogens is 7.